The minimum atomic E-state index is -0.263. The molecule has 0 saturated heterocycles. The van der Waals surface area contributed by atoms with Crippen LogP contribution in [-0.2, 0) is 0 Å². The van der Waals surface area contributed by atoms with Gasteiger partial charge in [-0.3, -0.25) is 0 Å². The first kappa shape index (κ1) is 12.0. The van der Waals surface area contributed by atoms with E-state index in [1.807, 2.05) is 22.6 Å². The summed E-state index contributed by atoms with van der Waals surface area (Å²) in [5.74, 6) is -0.0963. The average molecular weight is 323 g/mol. The monoisotopic (exact) mass is 323 g/mol. The van der Waals surface area contributed by atoms with Crippen molar-refractivity contribution in [3.8, 4) is 0 Å². The molecule has 1 rings (SSSR count). The van der Waals surface area contributed by atoms with Crippen molar-refractivity contribution in [2.24, 2.45) is 10.9 Å². The van der Waals surface area contributed by atoms with Gasteiger partial charge < -0.3 is 16.3 Å². The molecule has 82 valence electrons. The predicted molar refractivity (Wildman–Crippen MR) is 65.6 cm³/mol. The quantitative estimate of drug-likeness (QED) is 0.261. The highest BCUT2D eigenvalue weighted by molar-refractivity contribution is 14.1. The minimum Gasteiger partial charge on any atom is -0.409 e. The van der Waals surface area contributed by atoms with E-state index in [-0.39, 0.29) is 11.7 Å². The smallest absolute Gasteiger partial charge is 0.140 e. The molecule has 4 N–H and O–H groups in total. The zero-order valence-electron chi connectivity index (χ0n) is 7.87. The van der Waals surface area contributed by atoms with E-state index in [1.165, 1.54) is 12.1 Å². The lowest BCUT2D eigenvalue weighted by molar-refractivity contribution is 0.317. The number of nitrogens with zero attached hydrogens (tertiary/aromatic N) is 1. The van der Waals surface area contributed by atoms with Crippen molar-refractivity contribution in [3.05, 3.63) is 27.6 Å². The van der Waals surface area contributed by atoms with Crippen LogP contribution in [0.2, 0.25) is 0 Å². The lowest BCUT2D eigenvalue weighted by atomic mass is 10.3. The molecule has 0 radical (unpaired) electrons. The fourth-order valence-corrected chi connectivity index (χ4v) is 1.68. The lowest BCUT2D eigenvalue weighted by Gasteiger charge is -2.07. The molecule has 0 spiro atoms. The van der Waals surface area contributed by atoms with Crippen molar-refractivity contribution in [2.75, 3.05) is 11.9 Å². The van der Waals surface area contributed by atoms with Gasteiger partial charge in [-0.2, -0.15) is 0 Å². The molecule has 0 heterocycles. The largest absolute Gasteiger partial charge is 0.409 e. The van der Waals surface area contributed by atoms with Crippen molar-refractivity contribution in [3.63, 3.8) is 0 Å². The van der Waals surface area contributed by atoms with Crippen molar-refractivity contribution in [1.29, 1.82) is 0 Å². The molecule has 0 amide bonds. The van der Waals surface area contributed by atoms with Crippen LogP contribution in [0.5, 0.6) is 0 Å². The van der Waals surface area contributed by atoms with E-state index >= 15 is 0 Å². The van der Waals surface area contributed by atoms with Crippen LogP contribution in [0.3, 0.4) is 0 Å². The second-order valence-electron chi connectivity index (χ2n) is 2.89. The Morgan fingerprint density at radius 1 is 1.60 bits per heavy atom. The summed E-state index contributed by atoms with van der Waals surface area (Å²) >= 11 is 2.04. The van der Waals surface area contributed by atoms with Crippen LogP contribution in [0.4, 0.5) is 10.1 Å². The van der Waals surface area contributed by atoms with E-state index in [1.54, 1.807) is 6.07 Å². The van der Waals surface area contributed by atoms with Gasteiger partial charge in [0.2, 0.25) is 0 Å². The van der Waals surface area contributed by atoms with Gasteiger partial charge in [-0.25, -0.2) is 4.39 Å². The van der Waals surface area contributed by atoms with Gasteiger partial charge in [0.1, 0.15) is 11.7 Å². The normalized spacial score (nSPS) is 11.5. The number of anilines is 1. The molecule has 1 aromatic carbocycles. The Kier molecular flexibility index (Phi) is 4.60. The van der Waals surface area contributed by atoms with Crippen molar-refractivity contribution < 1.29 is 9.60 Å². The Bertz CT molecular complexity index is 370. The van der Waals surface area contributed by atoms with Crippen LogP contribution in [0.25, 0.3) is 0 Å². The van der Waals surface area contributed by atoms with E-state index < -0.39 is 0 Å². The van der Waals surface area contributed by atoms with Gasteiger partial charge in [-0.1, -0.05) is 5.16 Å². The van der Waals surface area contributed by atoms with E-state index in [9.17, 15) is 4.39 Å². The molecular weight excluding hydrogens is 312 g/mol. The Morgan fingerprint density at radius 2 is 2.33 bits per heavy atom. The zero-order chi connectivity index (χ0) is 11.3. The zero-order valence-corrected chi connectivity index (χ0v) is 10.0. The highest BCUT2D eigenvalue weighted by Gasteiger charge is 2.00. The first-order valence-electron chi connectivity index (χ1n) is 4.29. The fraction of sp³-hybridized carbons (Fsp3) is 0.222. The molecule has 0 aliphatic heterocycles. The van der Waals surface area contributed by atoms with Gasteiger partial charge in [-0.05, 0) is 40.8 Å². The standard InChI is InChI=1S/C9H11FIN3O/c10-6-1-2-8(7(11)5-6)13-4-3-9(12)14-15/h1-2,5,13,15H,3-4H2,(H2,12,14). The van der Waals surface area contributed by atoms with Crippen molar-refractivity contribution in [1.82, 2.24) is 0 Å². The number of nitrogens with one attached hydrogen (secondary N) is 1. The Hall–Kier alpha value is -1.05. The van der Waals surface area contributed by atoms with Crippen molar-refractivity contribution in [2.45, 2.75) is 6.42 Å². The van der Waals surface area contributed by atoms with Gasteiger partial charge >= 0.3 is 0 Å². The molecule has 0 bridgehead atoms. The third kappa shape index (κ3) is 3.90. The topological polar surface area (TPSA) is 70.6 Å². The Balaban J connectivity index is 2.51. The number of halogens is 2. The molecule has 0 atom stereocenters. The maximum atomic E-state index is 12.7. The summed E-state index contributed by atoms with van der Waals surface area (Å²) in [6.07, 6.45) is 0.434. The third-order valence-electron chi connectivity index (χ3n) is 1.76. The Labute approximate surface area is 100 Å². The van der Waals surface area contributed by atoms with Crippen LogP contribution in [-0.4, -0.2) is 17.6 Å². The van der Waals surface area contributed by atoms with Crippen LogP contribution in [0, 0.1) is 9.39 Å². The molecule has 0 aromatic heterocycles. The summed E-state index contributed by atoms with van der Waals surface area (Å²) in [5, 5.41) is 14.2. The highest BCUT2D eigenvalue weighted by Crippen LogP contribution is 2.18. The van der Waals surface area contributed by atoms with Crippen molar-refractivity contribution >= 4 is 34.1 Å². The maximum absolute atomic E-state index is 12.7. The molecule has 4 nitrogen and oxygen atoms in total. The minimum absolute atomic E-state index is 0.166. The lowest BCUT2D eigenvalue weighted by Crippen LogP contribution is -2.16. The average Bonchev–Trinajstić information content (AvgIpc) is 2.21. The summed E-state index contributed by atoms with van der Waals surface area (Å²) in [7, 11) is 0. The fourth-order valence-electron chi connectivity index (χ4n) is 1.01. The van der Waals surface area contributed by atoms with Gasteiger partial charge in [0.05, 0.1) is 0 Å². The van der Waals surface area contributed by atoms with Crippen LogP contribution in [0.1, 0.15) is 6.42 Å². The van der Waals surface area contributed by atoms with Crippen LogP contribution < -0.4 is 11.1 Å². The maximum Gasteiger partial charge on any atom is 0.140 e. The van der Waals surface area contributed by atoms with Gasteiger partial charge in [-0.15, -0.1) is 0 Å². The SMILES string of the molecule is NC(CCNc1ccc(F)cc1I)=NO. The van der Waals surface area contributed by atoms with E-state index in [2.05, 4.69) is 10.5 Å². The number of benzene rings is 1. The third-order valence-corrected chi connectivity index (χ3v) is 2.65. The molecule has 0 unspecified atom stereocenters. The summed E-state index contributed by atoms with van der Waals surface area (Å²) in [6.45, 7) is 0.539. The van der Waals surface area contributed by atoms with Crippen LogP contribution >= 0.6 is 22.6 Å². The van der Waals surface area contributed by atoms with Gasteiger partial charge in [0.25, 0.3) is 0 Å². The second-order valence-corrected chi connectivity index (χ2v) is 4.05. The molecule has 0 aliphatic carbocycles. The molecule has 0 aliphatic rings. The molecular formula is C9H11FIN3O. The number of rotatable bonds is 4. The molecule has 15 heavy (non-hydrogen) atoms. The summed E-state index contributed by atoms with van der Waals surface area (Å²) in [4.78, 5) is 0. The van der Waals surface area contributed by atoms with E-state index in [4.69, 9.17) is 10.9 Å². The number of hydrogen-bond acceptors (Lipinski definition) is 3. The predicted octanol–water partition coefficient (Wildman–Crippen LogP) is 1.98. The van der Waals surface area contributed by atoms with Gasteiger partial charge in [0, 0.05) is 22.2 Å². The second kappa shape index (κ2) is 5.74. The molecule has 0 saturated carbocycles. The first-order chi connectivity index (χ1) is 7.13. The summed E-state index contributed by atoms with van der Waals surface area (Å²) in [6, 6.07) is 4.48. The summed E-state index contributed by atoms with van der Waals surface area (Å²) in [5.41, 5.74) is 6.13. The van der Waals surface area contributed by atoms with Gasteiger partial charge in [0.15, 0.2) is 0 Å². The molecule has 1 aromatic rings. The first-order valence-corrected chi connectivity index (χ1v) is 5.36. The van der Waals surface area contributed by atoms with E-state index in [0.717, 1.165) is 9.26 Å². The number of oxime groups is 1. The highest BCUT2D eigenvalue weighted by atomic mass is 127. The Morgan fingerprint density at radius 3 is 2.93 bits per heavy atom. The van der Waals surface area contributed by atoms with Crippen LogP contribution in [0.15, 0.2) is 23.4 Å². The number of hydrogen-bond donors (Lipinski definition) is 3. The number of amidine groups is 1. The summed E-state index contributed by atoms with van der Waals surface area (Å²) < 4.78 is 13.5. The molecule has 0 fully saturated rings. The van der Waals surface area contributed by atoms with E-state index in [0.29, 0.717) is 13.0 Å². The molecule has 6 heteroatoms. The number of nitrogens with two attached hydrogens (primary N) is 1.